The van der Waals surface area contributed by atoms with Crippen molar-refractivity contribution in [2.45, 2.75) is 33.6 Å². The molecule has 0 radical (unpaired) electrons. The average molecular weight is 488 g/mol. The highest BCUT2D eigenvalue weighted by Gasteiger charge is 2.35. The van der Waals surface area contributed by atoms with Gasteiger partial charge in [-0.25, -0.2) is 8.42 Å². The standard InChI is InChI=1S/C24H33N5O4S/c1-5-28(6-2)11-12-29-10-9-20-22(24(29)31)15(3)21(25-20)14-18-17-13-16(27-34(4,32)33)7-8-19(17)26-23(18)30/h8,13-14,17,25,27H,5-7,9-12H2,1-4H3,(H,26,30). The van der Waals surface area contributed by atoms with Crippen LogP contribution in [0.3, 0.4) is 0 Å². The molecule has 2 aliphatic heterocycles. The zero-order valence-corrected chi connectivity index (χ0v) is 21.0. The van der Waals surface area contributed by atoms with Crippen molar-refractivity contribution < 1.29 is 18.0 Å². The Bertz CT molecular complexity index is 1200. The minimum absolute atomic E-state index is 0.0282. The Hall–Kier alpha value is -2.85. The number of carbonyl (C=O) groups is 2. The number of sulfonamides is 1. The minimum atomic E-state index is -3.40. The number of aromatic amines is 1. The number of aromatic nitrogens is 1. The number of likely N-dealkylation sites (N-methyl/N-ethyl adjacent to an activating group) is 1. The van der Waals surface area contributed by atoms with Crippen LogP contribution in [0.15, 0.2) is 29.1 Å². The summed E-state index contributed by atoms with van der Waals surface area (Å²) in [4.78, 5) is 33.6. The number of hydrogen-bond acceptors (Lipinski definition) is 5. The van der Waals surface area contributed by atoms with E-state index >= 15 is 0 Å². The van der Waals surface area contributed by atoms with Crippen LogP contribution in [0.1, 0.15) is 47.6 Å². The number of carbonyl (C=O) groups excluding carboxylic acids is 2. The summed E-state index contributed by atoms with van der Waals surface area (Å²) in [6, 6.07) is 0. The molecule has 3 heterocycles. The Labute approximate surface area is 201 Å². The average Bonchev–Trinajstić information content (AvgIpc) is 3.26. The summed E-state index contributed by atoms with van der Waals surface area (Å²) in [5.41, 5.74) is 4.99. The van der Waals surface area contributed by atoms with E-state index < -0.39 is 10.0 Å². The van der Waals surface area contributed by atoms with Crippen molar-refractivity contribution >= 4 is 27.9 Å². The van der Waals surface area contributed by atoms with Crippen molar-refractivity contribution in [1.29, 1.82) is 0 Å². The zero-order chi connectivity index (χ0) is 24.6. The fraction of sp³-hybridized carbons (Fsp3) is 0.500. The third-order valence-corrected chi connectivity index (χ3v) is 7.43. The van der Waals surface area contributed by atoms with Gasteiger partial charge in [0.15, 0.2) is 0 Å². The molecular formula is C24H33N5O4S. The molecule has 1 atom stereocenters. The van der Waals surface area contributed by atoms with Crippen molar-refractivity contribution in [2.24, 2.45) is 5.92 Å². The fourth-order valence-corrected chi connectivity index (χ4v) is 5.51. The lowest BCUT2D eigenvalue weighted by Crippen LogP contribution is -2.42. The van der Waals surface area contributed by atoms with Gasteiger partial charge in [-0.05, 0) is 31.7 Å². The van der Waals surface area contributed by atoms with Gasteiger partial charge >= 0.3 is 0 Å². The van der Waals surface area contributed by atoms with E-state index in [0.29, 0.717) is 36.3 Å². The monoisotopic (exact) mass is 487 g/mol. The molecule has 184 valence electrons. The summed E-state index contributed by atoms with van der Waals surface area (Å²) in [5.74, 6) is -0.542. The maximum Gasteiger partial charge on any atom is 0.256 e. The second kappa shape index (κ2) is 9.42. The van der Waals surface area contributed by atoms with E-state index in [1.807, 2.05) is 17.9 Å². The Morgan fingerprint density at radius 1 is 1.26 bits per heavy atom. The Balaban J connectivity index is 1.59. The van der Waals surface area contributed by atoms with E-state index in [1.54, 1.807) is 12.2 Å². The molecule has 3 N–H and O–H groups in total. The molecular weight excluding hydrogens is 454 g/mol. The van der Waals surface area contributed by atoms with Crippen LogP contribution in [0.2, 0.25) is 0 Å². The van der Waals surface area contributed by atoms with Gasteiger partial charge in [0.25, 0.3) is 11.8 Å². The molecule has 0 spiro atoms. The lowest BCUT2D eigenvalue weighted by atomic mass is 9.92. The molecule has 3 aliphatic rings. The van der Waals surface area contributed by atoms with Gasteiger partial charge in [0.2, 0.25) is 10.0 Å². The summed E-state index contributed by atoms with van der Waals surface area (Å²) in [6.07, 6.45) is 7.66. The first-order chi connectivity index (χ1) is 16.1. The quantitative estimate of drug-likeness (QED) is 0.481. The molecule has 1 saturated heterocycles. The highest BCUT2D eigenvalue weighted by Crippen LogP contribution is 2.35. The lowest BCUT2D eigenvalue weighted by molar-refractivity contribution is -0.115. The van der Waals surface area contributed by atoms with Gasteiger partial charge in [0.1, 0.15) is 0 Å². The fourth-order valence-electron chi connectivity index (χ4n) is 4.88. The second-order valence-electron chi connectivity index (χ2n) is 9.05. The Morgan fingerprint density at radius 2 is 2.00 bits per heavy atom. The molecule has 4 rings (SSSR count). The topological polar surface area (TPSA) is 115 Å². The highest BCUT2D eigenvalue weighted by atomic mass is 32.2. The molecule has 10 heteroatoms. The van der Waals surface area contributed by atoms with E-state index in [2.05, 4.69) is 33.8 Å². The summed E-state index contributed by atoms with van der Waals surface area (Å²) in [6.45, 7) is 10.3. The van der Waals surface area contributed by atoms with Crippen LogP contribution >= 0.6 is 0 Å². The van der Waals surface area contributed by atoms with Gasteiger partial charge in [-0.15, -0.1) is 0 Å². The number of hydrogen-bond donors (Lipinski definition) is 3. The predicted molar refractivity (Wildman–Crippen MR) is 131 cm³/mol. The van der Waals surface area contributed by atoms with Gasteiger partial charge in [-0.2, -0.15) is 0 Å². The largest absolute Gasteiger partial charge is 0.358 e. The van der Waals surface area contributed by atoms with Gasteiger partial charge in [-0.3, -0.25) is 14.3 Å². The van der Waals surface area contributed by atoms with Gasteiger partial charge in [-0.1, -0.05) is 26.0 Å². The van der Waals surface area contributed by atoms with Crippen LogP contribution in [0.25, 0.3) is 6.08 Å². The van der Waals surface area contributed by atoms with Crippen LogP contribution in [0, 0.1) is 12.8 Å². The smallest absolute Gasteiger partial charge is 0.256 e. The molecule has 2 amide bonds. The van der Waals surface area contributed by atoms with Crippen molar-refractivity contribution in [1.82, 2.24) is 24.8 Å². The van der Waals surface area contributed by atoms with Crippen molar-refractivity contribution in [2.75, 3.05) is 39.0 Å². The number of nitrogens with one attached hydrogen (secondary N) is 3. The normalized spacial score (nSPS) is 21.4. The minimum Gasteiger partial charge on any atom is -0.358 e. The summed E-state index contributed by atoms with van der Waals surface area (Å²) < 4.78 is 25.8. The lowest BCUT2D eigenvalue weighted by Gasteiger charge is -2.29. The van der Waals surface area contributed by atoms with E-state index in [9.17, 15) is 18.0 Å². The van der Waals surface area contributed by atoms with E-state index in [4.69, 9.17) is 0 Å². The SMILES string of the molecule is CCN(CC)CCN1CCc2[nH]c(C=C3C(=O)NC4=CCC(NS(C)(=O)=O)=CC43)c(C)c2C1=O. The van der Waals surface area contributed by atoms with E-state index in [0.717, 1.165) is 55.0 Å². The van der Waals surface area contributed by atoms with Crippen LogP contribution in [-0.2, 0) is 21.2 Å². The van der Waals surface area contributed by atoms with E-state index in [1.165, 1.54) is 0 Å². The first-order valence-corrected chi connectivity index (χ1v) is 13.6. The van der Waals surface area contributed by atoms with Crippen molar-refractivity contribution in [3.63, 3.8) is 0 Å². The first-order valence-electron chi connectivity index (χ1n) is 11.8. The van der Waals surface area contributed by atoms with Crippen molar-refractivity contribution in [3.8, 4) is 0 Å². The van der Waals surface area contributed by atoms with Gasteiger partial charge in [0.05, 0.1) is 11.8 Å². The zero-order valence-electron chi connectivity index (χ0n) is 20.2. The summed E-state index contributed by atoms with van der Waals surface area (Å²) in [5, 5.41) is 2.88. The molecule has 9 nitrogen and oxygen atoms in total. The molecule has 34 heavy (non-hydrogen) atoms. The number of allylic oxidation sites excluding steroid dienone is 2. The molecule has 0 saturated carbocycles. The number of rotatable bonds is 8. The molecule has 0 bridgehead atoms. The highest BCUT2D eigenvalue weighted by molar-refractivity contribution is 7.88. The second-order valence-corrected chi connectivity index (χ2v) is 10.8. The third-order valence-electron chi connectivity index (χ3n) is 6.80. The first kappa shape index (κ1) is 24.3. The van der Waals surface area contributed by atoms with Crippen LogP contribution < -0.4 is 10.0 Å². The van der Waals surface area contributed by atoms with Crippen LogP contribution in [-0.4, -0.2) is 74.0 Å². The number of fused-ring (bicyclic) bond motifs is 2. The third kappa shape index (κ3) is 4.83. The number of amides is 2. The number of nitrogens with zero attached hydrogens (tertiary/aromatic N) is 2. The van der Waals surface area contributed by atoms with Crippen molar-refractivity contribution in [3.05, 3.63) is 51.6 Å². The molecule has 1 fully saturated rings. The van der Waals surface area contributed by atoms with E-state index in [-0.39, 0.29) is 17.7 Å². The van der Waals surface area contributed by atoms with Crippen LogP contribution in [0.5, 0.6) is 0 Å². The molecule has 1 aromatic rings. The maximum atomic E-state index is 13.2. The summed E-state index contributed by atoms with van der Waals surface area (Å²) >= 11 is 0. The van der Waals surface area contributed by atoms with Gasteiger partial charge in [0, 0.05) is 66.7 Å². The summed E-state index contributed by atoms with van der Waals surface area (Å²) in [7, 11) is -3.40. The molecule has 0 aromatic carbocycles. The molecule has 1 unspecified atom stereocenters. The van der Waals surface area contributed by atoms with Crippen LogP contribution in [0.4, 0.5) is 0 Å². The number of H-pyrrole nitrogens is 1. The predicted octanol–water partition coefficient (Wildman–Crippen LogP) is 1.51. The maximum absolute atomic E-state index is 13.2. The van der Waals surface area contributed by atoms with Gasteiger partial charge < -0.3 is 20.1 Å². The Kier molecular flexibility index (Phi) is 6.73. The Morgan fingerprint density at radius 3 is 2.68 bits per heavy atom. The molecule has 1 aromatic heterocycles. The molecule has 1 aliphatic carbocycles.